The van der Waals surface area contributed by atoms with Crippen molar-refractivity contribution in [2.24, 2.45) is 0 Å². The summed E-state index contributed by atoms with van der Waals surface area (Å²) in [5, 5.41) is 9.35. The second kappa shape index (κ2) is 5.32. The number of hydrogen-bond acceptors (Lipinski definition) is 5. The number of rotatable bonds is 4. The number of unbranched alkanes of at least 4 members (excludes halogenated alkanes) is 1. The third-order valence-corrected chi connectivity index (χ3v) is 2.99. The lowest BCUT2D eigenvalue weighted by molar-refractivity contribution is -0.120. The van der Waals surface area contributed by atoms with Gasteiger partial charge in [0.1, 0.15) is 5.75 Å². The second-order valence-corrected chi connectivity index (χ2v) is 4.37. The van der Waals surface area contributed by atoms with Gasteiger partial charge in [-0.1, -0.05) is 13.3 Å². The highest BCUT2D eigenvalue weighted by Crippen LogP contribution is 2.24. The molecule has 0 amide bonds. The third-order valence-electron chi connectivity index (χ3n) is 2.99. The maximum atomic E-state index is 11.7. The first-order chi connectivity index (χ1) is 9.06. The lowest BCUT2D eigenvalue weighted by Gasteiger charge is -2.18. The average molecular weight is 262 g/mol. The van der Waals surface area contributed by atoms with E-state index in [0.717, 1.165) is 12.8 Å². The number of Topliss-reactive ketones (excluding diaryl/α,β-unsaturated/α-hetero) is 3. The molecule has 0 aromatic heterocycles. The Morgan fingerprint density at radius 2 is 1.89 bits per heavy atom. The normalized spacial score (nSPS) is 18.4. The van der Waals surface area contributed by atoms with E-state index in [-0.39, 0.29) is 11.1 Å². The van der Waals surface area contributed by atoms with E-state index in [1.807, 2.05) is 6.92 Å². The molecule has 1 atom stereocenters. The summed E-state index contributed by atoms with van der Waals surface area (Å²) in [4.78, 5) is 34.8. The maximum Gasteiger partial charge on any atom is 0.239 e. The molecule has 1 aromatic carbocycles. The van der Waals surface area contributed by atoms with Gasteiger partial charge >= 0.3 is 0 Å². The van der Waals surface area contributed by atoms with Gasteiger partial charge in [-0.2, -0.15) is 0 Å². The van der Waals surface area contributed by atoms with Crippen molar-refractivity contribution in [3.05, 3.63) is 29.3 Å². The Morgan fingerprint density at radius 3 is 2.58 bits per heavy atom. The lowest BCUT2D eigenvalue weighted by Crippen LogP contribution is -2.41. The fourth-order valence-corrected chi connectivity index (χ4v) is 1.87. The summed E-state index contributed by atoms with van der Waals surface area (Å²) >= 11 is 0. The van der Waals surface area contributed by atoms with E-state index in [1.54, 1.807) is 6.07 Å². The summed E-state index contributed by atoms with van der Waals surface area (Å²) in [7, 11) is 0. The molecule has 0 bridgehead atoms. The number of hydrogen-bond donors (Lipinski definition) is 1. The molecule has 19 heavy (non-hydrogen) atoms. The molecule has 0 fully saturated rings. The molecule has 5 nitrogen and oxygen atoms in total. The van der Waals surface area contributed by atoms with Gasteiger partial charge < -0.3 is 9.84 Å². The van der Waals surface area contributed by atoms with Crippen molar-refractivity contribution < 1.29 is 24.2 Å². The van der Waals surface area contributed by atoms with Gasteiger partial charge in [-0.05, 0) is 24.6 Å². The van der Waals surface area contributed by atoms with Gasteiger partial charge in [0.15, 0.2) is 11.9 Å². The van der Waals surface area contributed by atoms with Gasteiger partial charge in [-0.25, -0.2) is 0 Å². The molecular weight excluding hydrogens is 248 g/mol. The van der Waals surface area contributed by atoms with E-state index >= 15 is 0 Å². The molecule has 1 aromatic rings. The van der Waals surface area contributed by atoms with Crippen molar-refractivity contribution in [2.75, 3.05) is 6.61 Å². The summed E-state index contributed by atoms with van der Waals surface area (Å²) in [6, 6.07) is 4.35. The Bertz CT molecular complexity index is 547. The molecular formula is C14H14O5. The van der Waals surface area contributed by atoms with Crippen LogP contribution in [0.1, 0.15) is 40.5 Å². The zero-order chi connectivity index (χ0) is 14.0. The zero-order valence-electron chi connectivity index (χ0n) is 10.5. The Labute approximate surface area is 110 Å². The zero-order valence-corrected chi connectivity index (χ0v) is 10.5. The highest BCUT2D eigenvalue weighted by Gasteiger charge is 2.39. The van der Waals surface area contributed by atoms with Crippen molar-refractivity contribution in [1.82, 2.24) is 0 Å². The van der Waals surface area contributed by atoms with Crippen LogP contribution in [0.3, 0.4) is 0 Å². The van der Waals surface area contributed by atoms with Gasteiger partial charge in [-0.3, -0.25) is 14.4 Å². The second-order valence-electron chi connectivity index (χ2n) is 4.37. The summed E-state index contributed by atoms with van der Waals surface area (Å²) in [5.41, 5.74) is 0.0780. The van der Waals surface area contributed by atoms with Crippen LogP contribution >= 0.6 is 0 Å². The molecule has 0 aliphatic heterocycles. The Morgan fingerprint density at radius 1 is 1.16 bits per heavy atom. The minimum absolute atomic E-state index is 0.00861. The van der Waals surface area contributed by atoms with Gasteiger partial charge in [0.25, 0.3) is 0 Å². The van der Waals surface area contributed by atoms with Crippen molar-refractivity contribution in [3.8, 4) is 5.75 Å². The molecule has 0 heterocycles. The first-order valence-corrected chi connectivity index (χ1v) is 6.14. The van der Waals surface area contributed by atoms with E-state index in [4.69, 9.17) is 4.74 Å². The molecule has 5 heteroatoms. The van der Waals surface area contributed by atoms with Crippen LogP contribution in [0.2, 0.25) is 0 Å². The van der Waals surface area contributed by atoms with Gasteiger partial charge in [-0.15, -0.1) is 0 Å². The molecule has 1 N–H and O–H groups in total. The molecule has 0 spiro atoms. The topological polar surface area (TPSA) is 80.7 Å². The number of aliphatic hydroxyl groups excluding tert-OH is 1. The van der Waals surface area contributed by atoms with Crippen LogP contribution in [0.4, 0.5) is 0 Å². The lowest BCUT2D eigenvalue weighted by atomic mass is 9.86. The van der Waals surface area contributed by atoms with Crippen LogP contribution in [0.5, 0.6) is 5.75 Å². The largest absolute Gasteiger partial charge is 0.494 e. The number of ketones is 3. The van der Waals surface area contributed by atoms with E-state index < -0.39 is 23.5 Å². The van der Waals surface area contributed by atoms with Crippen molar-refractivity contribution >= 4 is 17.3 Å². The predicted octanol–water partition coefficient (Wildman–Crippen LogP) is 1.17. The van der Waals surface area contributed by atoms with Crippen molar-refractivity contribution in [3.63, 3.8) is 0 Å². The highest BCUT2D eigenvalue weighted by atomic mass is 16.5. The molecule has 0 saturated carbocycles. The molecule has 0 saturated heterocycles. The molecule has 1 aliphatic rings. The first kappa shape index (κ1) is 13.4. The first-order valence-electron chi connectivity index (χ1n) is 6.14. The van der Waals surface area contributed by atoms with Crippen LogP contribution in [0.15, 0.2) is 18.2 Å². The molecule has 100 valence electrons. The molecule has 1 unspecified atom stereocenters. The fourth-order valence-electron chi connectivity index (χ4n) is 1.87. The number of benzene rings is 1. The number of carbonyl (C=O) groups excluding carboxylic acids is 3. The summed E-state index contributed by atoms with van der Waals surface area (Å²) in [5.74, 6) is -2.22. The Kier molecular flexibility index (Phi) is 3.76. The van der Waals surface area contributed by atoms with E-state index in [1.165, 1.54) is 12.1 Å². The minimum atomic E-state index is -1.87. The standard InChI is InChI=1S/C14H14O5/c1-2-3-6-19-8-4-5-9-10(7-8)12(16)14(18)13(17)11(9)15/h4-5,7,13,17H,2-3,6H2,1H3. The van der Waals surface area contributed by atoms with Crippen LogP contribution in [-0.4, -0.2) is 35.2 Å². The SMILES string of the molecule is CCCCOc1ccc2c(c1)C(=O)C(=O)C(O)C2=O. The third kappa shape index (κ3) is 2.42. The van der Waals surface area contributed by atoms with E-state index in [0.29, 0.717) is 12.4 Å². The Hall–Kier alpha value is -2.01. The van der Waals surface area contributed by atoms with Gasteiger partial charge in [0.2, 0.25) is 11.6 Å². The predicted molar refractivity (Wildman–Crippen MR) is 66.5 cm³/mol. The van der Waals surface area contributed by atoms with E-state index in [9.17, 15) is 19.5 Å². The molecule has 1 aliphatic carbocycles. The summed E-state index contributed by atoms with van der Waals surface area (Å²) in [6.45, 7) is 2.53. The Balaban J connectivity index is 2.32. The smallest absolute Gasteiger partial charge is 0.239 e. The van der Waals surface area contributed by atoms with Crippen LogP contribution in [0.25, 0.3) is 0 Å². The highest BCUT2D eigenvalue weighted by molar-refractivity contribution is 6.53. The van der Waals surface area contributed by atoms with Crippen LogP contribution in [0, 0.1) is 0 Å². The van der Waals surface area contributed by atoms with Crippen LogP contribution < -0.4 is 4.74 Å². The fraction of sp³-hybridized carbons (Fsp3) is 0.357. The number of fused-ring (bicyclic) bond motifs is 1. The van der Waals surface area contributed by atoms with E-state index in [2.05, 4.69) is 0 Å². The number of ether oxygens (including phenoxy) is 1. The molecule has 0 radical (unpaired) electrons. The summed E-state index contributed by atoms with van der Waals surface area (Å²) < 4.78 is 5.42. The van der Waals surface area contributed by atoms with Gasteiger partial charge in [0, 0.05) is 11.1 Å². The maximum absolute atomic E-state index is 11.7. The van der Waals surface area contributed by atoms with Crippen LogP contribution in [-0.2, 0) is 4.79 Å². The average Bonchev–Trinajstić information content (AvgIpc) is 2.43. The number of carbonyl (C=O) groups is 3. The monoisotopic (exact) mass is 262 g/mol. The summed E-state index contributed by atoms with van der Waals surface area (Å²) in [6.07, 6.45) is -0.0129. The number of aliphatic hydroxyl groups is 1. The minimum Gasteiger partial charge on any atom is -0.494 e. The van der Waals surface area contributed by atoms with Crippen molar-refractivity contribution in [2.45, 2.75) is 25.9 Å². The van der Waals surface area contributed by atoms with Crippen molar-refractivity contribution in [1.29, 1.82) is 0 Å². The van der Waals surface area contributed by atoms with Gasteiger partial charge in [0.05, 0.1) is 6.61 Å². The molecule has 2 rings (SSSR count). The quantitative estimate of drug-likeness (QED) is 0.500.